The van der Waals surface area contributed by atoms with E-state index >= 15 is 0 Å². The van der Waals surface area contributed by atoms with Crippen molar-refractivity contribution in [2.45, 2.75) is 18.1 Å². The summed E-state index contributed by atoms with van der Waals surface area (Å²) in [6.45, 7) is 1.64. The van der Waals surface area contributed by atoms with E-state index in [1.165, 1.54) is 4.31 Å². The lowest BCUT2D eigenvalue weighted by atomic mass is 10.0. The molecule has 2 aliphatic rings. The predicted octanol–water partition coefficient (Wildman–Crippen LogP) is 1.19. The monoisotopic (exact) mass is 338 g/mol. The largest absolute Gasteiger partial charge is 0.497 e. The fourth-order valence-corrected chi connectivity index (χ4v) is 5.52. The second-order valence-corrected chi connectivity index (χ2v) is 8.48. The van der Waals surface area contributed by atoms with Gasteiger partial charge in [0.2, 0.25) is 10.0 Å². The molecule has 2 aliphatic heterocycles. The van der Waals surface area contributed by atoms with E-state index in [0.29, 0.717) is 37.4 Å². The molecule has 1 aromatic rings. The SMILES string of the molecule is COc1cccc(C(=O)N2CC[C@@H]3CN(C)S(=O)(=O)[C@@H]3CC2)c1. The summed E-state index contributed by atoms with van der Waals surface area (Å²) in [5.74, 6) is 0.703. The molecule has 2 fully saturated rings. The molecule has 6 nitrogen and oxygen atoms in total. The summed E-state index contributed by atoms with van der Waals surface area (Å²) < 4.78 is 31.3. The number of methoxy groups -OCH3 is 1. The number of carbonyl (C=O) groups is 1. The molecule has 2 saturated heterocycles. The Hall–Kier alpha value is -1.60. The Labute approximate surface area is 137 Å². The average Bonchev–Trinajstić information content (AvgIpc) is 2.71. The van der Waals surface area contributed by atoms with E-state index < -0.39 is 10.0 Å². The Balaban J connectivity index is 1.75. The maximum atomic E-state index is 12.7. The fourth-order valence-electron chi connectivity index (χ4n) is 3.55. The first kappa shape index (κ1) is 16.3. The smallest absolute Gasteiger partial charge is 0.253 e. The lowest BCUT2D eigenvalue weighted by Gasteiger charge is -2.21. The third-order valence-electron chi connectivity index (χ3n) is 4.89. The molecule has 23 heavy (non-hydrogen) atoms. The number of fused-ring (bicyclic) bond motifs is 1. The summed E-state index contributed by atoms with van der Waals surface area (Å²) in [6, 6.07) is 7.07. The number of nitrogens with zero attached hydrogens (tertiary/aromatic N) is 2. The Morgan fingerprint density at radius 1 is 1.26 bits per heavy atom. The molecule has 0 saturated carbocycles. The van der Waals surface area contributed by atoms with Gasteiger partial charge < -0.3 is 9.64 Å². The Kier molecular flexibility index (Phi) is 4.33. The number of hydrogen-bond acceptors (Lipinski definition) is 4. The zero-order valence-corrected chi connectivity index (χ0v) is 14.3. The molecule has 2 atom stereocenters. The molecule has 126 valence electrons. The van der Waals surface area contributed by atoms with Crippen LogP contribution >= 0.6 is 0 Å². The van der Waals surface area contributed by atoms with Crippen LogP contribution in [-0.2, 0) is 10.0 Å². The van der Waals surface area contributed by atoms with Crippen molar-refractivity contribution in [1.82, 2.24) is 9.21 Å². The van der Waals surface area contributed by atoms with Crippen molar-refractivity contribution in [3.63, 3.8) is 0 Å². The van der Waals surface area contributed by atoms with Gasteiger partial charge in [0.1, 0.15) is 5.75 Å². The van der Waals surface area contributed by atoms with Crippen LogP contribution in [0, 0.1) is 5.92 Å². The van der Waals surface area contributed by atoms with E-state index in [4.69, 9.17) is 4.74 Å². The minimum absolute atomic E-state index is 0.0605. The quantitative estimate of drug-likeness (QED) is 0.812. The second-order valence-electron chi connectivity index (χ2n) is 6.23. The summed E-state index contributed by atoms with van der Waals surface area (Å²) in [4.78, 5) is 14.4. The normalized spacial score (nSPS) is 27.3. The highest BCUT2D eigenvalue weighted by Gasteiger charge is 2.45. The summed E-state index contributed by atoms with van der Waals surface area (Å²) in [7, 11) is 0.0112. The fraction of sp³-hybridized carbons (Fsp3) is 0.562. The van der Waals surface area contributed by atoms with Gasteiger partial charge in [0.15, 0.2) is 0 Å². The van der Waals surface area contributed by atoms with Gasteiger partial charge in [0.05, 0.1) is 12.4 Å². The molecule has 0 unspecified atom stereocenters. The highest BCUT2D eigenvalue weighted by atomic mass is 32.2. The van der Waals surface area contributed by atoms with Crippen molar-refractivity contribution in [3.05, 3.63) is 29.8 Å². The number of hydrogen-bond donors (Lipinski definition) is 0. The van der Waals surface area contributed by atoms with Crippen LogP contribution in [0.3, 0.4) is 0 Å². The van der Waals surface area contributed by atoms with E-state index in [9.17, 15) is 13.2 Å². The van der Waals surface area contributed by atoms with E-state index in [1.54, 1.807) is 43.3 Å². The minimum Gasteiger partial charge on any atom is -0.497 e. The van der Waals surface area contributed by atoms with Crippen molar-refractivity contribution in [2.75, 3.05) is 33.8 Å². The zero-order valence-electron chi connectivity index (χ0n) is 13.4. The number of rotatable bonds is 2. The number of benzene rings is 1. The number of sulfonamides is 1. The van der Waals surface area contributed by atoms with Crippen molar-refractivity contribution < 1.29 is 17.9 Å². The van der Waals surface area contributed by atoms with Gasteiger partial charge in [-0.15, -0.1) is 0 Å². The van der Waals surface area contributed by atoms with Gasteiger partial charge >= 0.3 is 0 Å². The Morgan fingerprint density at radius 2 is 2.00 bits per heavy atom. The lowest BCUT2D eigenvalue weighted by Crippen LogP contribution is -2.34. The molecule has 0 aliphatic carbocycles. The first-order chi connectivity index (χ1) is 10.9. The van der Waals surface area contributed by atoms with Crippen LogP contribution in [0.15, 0.2) is 24.3 Å². The van der Waals surface area contributed by atoms with Crippen LogP contribution < -0.4 is 4.74 Å². The molecule has 7 heteroatoms. The van der Waals surface area contributed by atoms with Gasteiger partial charge in [-0.05, 0) is 37.0 Å². The third kappa shape index (κ3) is 2.95. The zero-order chi connectivity index (χ0) is 16.6. The molecule has 0 aromatic heterocycles. The van der Waals surface area contributed by atoms with Crippen molar-refractivity contribution in [1.29, 1.82) is 0 Å². The molecular formula is C16H22N2O4S. The molecule has 1 amide bonds. The molecule has 1 aromatic carbocycles. The molecular weight excluding hydrogens is 316 g/mol. The number of carbonyl (C=O) groups excluding carboxylic acids is 1. The third-order valence-corrected chi connectivity index (χ3v) is 7.30. The van der Waals surface area contributed by atoms with Crippen LogP contribution in [0.25, 0.3) is 0 Å². The van der Waals surface area contributed by atoms with Crippen LogP contribution in [0.2, 0.25) is 0 Å². The maximum Gasteiger partial charge on any atom is 0.253 e. The average molecular weight is 338 g/mol. The second kappa shape index (κ2) is 6.13. The van der Waals surface area contributed by atoms with Crippen LogP contribution in [0.5, 0.6) is 5.75 Å². The van der Waals surface area contributed by atoms with Gasteiger partial charge in [-0.25, -0.2) is 12.7 Å². The predicted molar refractivity (Wildman–Crippen MR) is 87.0 cm³/mol. The van der Waals surface area contributed by atoms with Crippen molar-refractivity contribution in [3.8, 4) is 5.75 Å². The number of ether oxygens (including phenoxy) is 1. The highest BCUT2D eigenvalue weighted by Crippen LogP contribution is 2.33. The van der Waals surface area contributed by atoms with Gasteiger partial charge in [0.25, 0.3) is 5.91 Å². The minimum atomic E-state index is -3.20. The van der Waals surface area contributed by atoms with E-state index in [-0.39, 0.29) is 17.1 Å². The van der Waals surface area contributed by atoms with E-state index in [0.717, 1.165) is 6.42 Å². The first-order valence-corrected chi connectivity index (χ1v) is 9.32. The van der Waals surface area contributed by atoms with Gasteiger partial charge in [-0.3, -0.25) is 4.79 Å². The standard InChI is InChI=1S/C16H22N2O4S/c1-17-11-13-6-8-18(9-7-15(13)23(17,20)21)16(19)12-4-3-5-14(10-12)22-2/h3-5,10,13,15H,6-9,11H2,1-2H3/t13-,15-/m1/s1. The van der Waals surface area contributed by atoms with Gasteiger partial charge in [-0.1, -0.05) is 6.07 Å². The number of amides is 1. The summed E-state index contributed by atoms with van der Waals surface area (Å²) >= 11 is 0. The van der Waals surface area contributed by atoms with Crippen molar-refractivity contribution in [2.24, 2.45) is 5.92 Å². The maximum absolute atomic E-state index is 12.7. The van der Waals surface area contributed by atoms with Crippen molar-refractivity contribution >= 4 is 15.9 Å². The topological polar surface area (TPSA) is 66.9 Å². The van der Waals surface area contributed by atoms with E-state index in [1.807, 2.05) is 0 Å². The molecule has 3 rings (SSSR count). The van der Waals surface area contributed by atoms with Gasteiger partial charge in [0, 0.05) is 32.2 Å². The van der Waals surface area contributed by atoms with Crippen LogP contribution in [0.4, 0.5) is 0 Å². The summed E-state index contributed by atoms with van der Waals surface area (Å²) in [6.07, 6.45) is 1.23. The summed E-state index contributed by atoms with van der Waals surface area (Å²) in [5.41, 5.74) is 0.580. The molecule has 2 heterocycles. The summed E-state index contributed by atoms with van der Waals surface area (Å²) in [5, 5.41) is -0.351. The number of likely N-dealkylation sites (tertiary alicyclic amines) is 1. The Bertz CT molecular complexity index is 704. The Morgan fingerprint density at radius 3 is 2.74 bits per heavy atom. The van der Waals surface area contributed by atoms with Gasteiger partial charge in [-0.2, -0.15) is 0 Å². The molecule has 0 N–H and O–H groups in total. The van der Waals surface area contributed by atoms with Crippen LogP contribution in [0.1, 0.15) is 23.2 Å². The molecule has 0 radical (unpaired) electrons. The first-order valence-electron chi connectivity index (χ1n) is 7.82. The molecule has 0 bridgehead atoms. The highest BCUT2D eigenvalue weighted by molar-refractivity contribution is 7.90. The van der Waals surface area contributed by atoms with Crippen LogP contribution in [-0.4, -0.2) is 62.6 Å². The van der Waals surface area contributed by atoms with E-state index in [2.05, 4.69) is 0 Å². The lowest BCUT2D eigenvalue weighted by molar-refractivity contribution is 0.0759. The molecule has 0 spiro atoms.